The Labute approximate surface area is 85.5 Å². The van der Waals surface area contributed by atoms with Crippen LogP contribution in [0.2, 0.25) is 0 Å². The fourth-order valence-corrected chi connectivity index (χ4v) is 0.978. The molecule has 0 rings (SSSR count). The summed E-state index contributed by atoms with van der Waals surface area (Å²) in [4.78, 5) is 13.0. The number of amides is 1. The molecule has 0 aliphatic rings. The van der Waals surface area contributed by atoms with Crippen LogP contribution in [0.1, 0.15) is 26.2 Å². The maximum Gasteiger partial charge on any atom is 0.222 e. The minimum absolute atomic E-state index is 0.0733. The summed E-state index contributed by atoms with van der Waals surface area (Å²) in [6.07, 6.45) is 1.72. The van der Waals surface area contributed by atoms with Gasteiger partial charge in [0.25, 0.3) is 0 Å². The first-order valence-electron chi connectivity index (χ1n) is 4.75. The lowest BCUT2D eigenvalue weighted by Crippen LogP contribution is -2.28. The molecule has 0 N–H and O–H groups in total. The monoisotopic (exact) mass is 198 g/mol. The molecule has 1 amide bonds. The number of nitrogens with zero attached hydrogens (tertiary/aromatic N) is 2. The fraction of sp³-hybridized carbons (Fsp3) is 0.800. The molecule has 0 saturated heterocycles. The summed E-state index contributed by atoms with van der Waals surface area (Å²) in [5.74, 6) is 0.0733. The number of ether oxygens (including phenoxy) is 1. The lowest BCUT2D eigenvalue weighted by atomic mass is 10.2. The van der Waals surface area contributed by atoms with Crippen molar-refractivity contribution >= 4 is 5.91 Å². The van der Waals surface area contributed by atoms with Crippen LogP contribution in [0.15, 0.2) is 0 Å². The highest BCUT2D eigenvalue weighted by Crippen LogP contribution is 2.02. The number of hydrogen-bond donors (Lipinski definition) is 0. The highest BCUT2D eigenvalue weighted by atomic mass is 16.5. The van der Waals surface area contributed by atoms with Crippen molar-refractivity contribution in [2.75, 3.05) is 20.7 Å². The van der Waals surface area contributed by atoms with E-state index in [1.165, 1.54) is 0 Å². The molecule has 0 heterocycles. The van der Waals surface area contributed by atoms with Crippen molar-refractivity contribution in [1.82, 2.24) is 4.90 Å². The number of nitriles is 1. The summed E-state index contributed by atoms with van der Waals surface area (Å²) in [5.41, 5.74) is 0. The van der Waals surface area contributed by atoms with Crippen LogP contribution in [0.25, 0.3) is 0 Å². The van der Waals surface area contributed by atoms with Gasteiger partial charge in [0.1, 0.15) is 0 Å². The molecule has 1 atom stereocenters. The molecule has 0 spiro atoms. The molecule has 4 nitrogen and oxygen atoms in total. The van der Waals surface area contributed by atoms with Crippen molar-refractivity contribution in [3.8, 4) is 6.07 Å². The third-order valence-electron chi connectivity index (χ3n) is 2.15. The third kappa shape index (κ3) is 5.55. The van der Waals surface area contributed by atoms with Gasteiger partial charge in [0, 0.05) is 27.1 Å². The maximum atomic E-state index is 11.4. The molecule has 0 saturated carbocycles. The number of methoxy groups -OCH3 is 1. The average molecular weight is 198 g/mol. The van der Waals surface area contributed by atoms with Crippen LogP contribution in [0.4, 0.5) is 0 Å². The van der Waals surface area contributed by atoms with Gasteiger partial charge in [0.15, 0.2) is 0 Å². The summed E-state index contributed by atoms with van der Waals surface area (Å²) in [7, 11) is 3.35. The van der Waals surface area contributed by atoms with Crippen molar-refractivity contribution in [2.45, 2.75) is 32.3 Å². The summed E-state index contributed by atoms with van der Waals surface area (Å²) >= 11 is 0. The predicted molar refractivity (Wildman–Crippen MR) is 53.6 cm³/mol. The summed E-state index contributed by atoms with van der Waals surface area (Å²) in [6.45, 7) is 2.44. The highest BCUT2D eigenvalue weighted by Gasteiger charge is 2.09. The molecule has 0 aromatic heterocycles. The summed E-state index contributed by atoms with van der Waals surface area (Å²) < 4.78 is 5.04. The Balaban J connectivity index is 3.68. The zero-order valence-electron chi connectivity index (χ0n) is 9.12. The van der Waals surface area contributed by atoms with E-state index in [0.717, 1.165) is 6.42 Å². The third-order valence-corrected chi connectivity index (χ3v) is 2.15. The lowest BCUT2D eigenvalue weighted by molar-refractivity contribution is -0.130. The van der Waals surface area contributed by atoms with Crippen LogP contribution in [0, 0.1) is 11.3 Å². The number of hydrogen-bond acceptors (Lipinski definition) is 3. The van der Waals surface area contributed by atoms with Crippen molar-refractivity contribution in [3.63, 3.8) is 0 Å². The van der Waals surface area contributed by atoms with E-state index >= 15 is 0 Å². The number of rotatable bonds is 6. The van der Waals surface area contributed by atoms with Gasteiger partial charge in [0.2, 0.25) is 5.91 Å². The number of carbonyl (C=O) groups excluding carboxylic acids is 1. The second kappa shape index (κ2) is 7.34. The quantitative estimate of drug-likeness (QED) is 0.643. The molecule has 1 unspecified atom stereocenters. The van der Waals surface area contributed by atoms with Crippen LogP contribution in [0.3, 0.4) is 0 Å². The minimum Gasteiger partial charge on any atom is -0.382 e. The van der Waals surface area contributed by atoms with Gasteiger partial charge < -0.3 is 9.64 Å². The Morgan fingerprint density at radius 2 is 2.29 bits per heavy atom. The van der Waals surface area contributed by atoms with Crippen molar-refractivity contribution < 1.29 is 9.53 Å². The highest BCUT2D eigenvalue weighted by molar-refractivity contribution is 5.75. The Kier molecular flexibility index (Phi) is 6.77. The van der Waals surface area contributed by atoms with Crippen molar-refractivity contribution in [2.24, 2.45) is 0 Å². The molecule has 0 fully saturated rings. The molecule has 0 radical (unpaired) electrons. The topological polar surface area (TPSA) is 53.3 Å². The Hall–Kier alpha value is -1.08. The van der Waals surface area contributed by atoms with E-state index in [0.29, 0.717) is 19.4 Å². The average Bonchev–Trinajstić information content (AvgIpc) is 2.21. The Bertz CT molecular complexity index is 211. The largest absolute Gasteiger partial charge is 0.382 e. The van der Waals surface area contributed by atoms with E-state index in [1.54, 1.807) is 19.1 Å². The first-order chi connectivity index (χ1) is 6.61. The van der Waals surface area contributed by atoms with Crippen LogP contribution >= 0.6 is 0 Å². The molecule has 0 aromatic rings. The molecule has 4 heteroatoms. The predicted octanol–water partition coefficient (Wildman–Crippen LogP) is 1.17. The van der Waals surface area contributed by atoms with Gasteiger partial charge in [-0.15, -0.1) is 0 Å². The summed E-state index contributed by atoms with van der Waals surface area (Å²) in [6, 6.07) is 2.01. The van der Waals surface area contributed by atoms with E-state index in [2.05, 4.69) is 0 Å². The second-order valence-electron chi connectivity index (χ2n) is 3.31. The molecule has 14 heavy (non-hydrogen) atoms. The Morgan fingerprint density at radius 3 is 2.79 bits per heavy atom. The zero-order valence-corrected chi connectivity index (χ0v) is 9.12. The Morgan fingerprint density at radius 1 is 1.64 bits per heavy atom. The molecular weight excluding hydrogens is 180 g/mol. The van der Waals surface area contributed by atoms with Gasteiger partial charge in [-0.3, -0.25) is 4.79 Å². The molecule has 80 valence electrons. The van der Waals surface area contributed by atoms with Crippen molar-refractivity contribution in [1.29, 1.82) is 5.26 Å². The number of carbonyl (C=O) groups is 1. The molecule has 0 aliphatic carbocycles. The van der Waals surface area contributed by atoms with Gasteiger partial charge in [-0.05, 0) is 13.3 Å². The standard InChI is InChI=1S/C10H18N2O2/c1-9(14-3)5-6-10(13)12(2)8-4-7-11/h9H,4-6,8H2,1-3H3. The minimum atomic E-state index is 0.0733. The fourth-order valence-electron chi connectivity index (χ4n) is 0.978. The lowest BCUT2D eigenvalue weighted by Gasteiger charge is -2.16. The van der Waals surface area contributed by atoms with Crippen LogP contribution in [-0.2, 0) is 9.53 Å². The zero-order chi connectivity index (χ0) is 11.0. The van der Waals surface area contributed by atoms with E-state index in [1.807, 2.05) is 13.0 Å². The smallest absolute Gasteiger partial charge is 0.222 e. The van der Waals surface area contributed by atoms with Crippen molar-refractivity contribution in [3.05, 3.63) is 0 Å². The second-order valence-corrected chi connectivity index (χ2v) is 3.31. The molecule has 0 aliphatic heterocycles. The maximum absolute atomic E-state index is 11.4. The van der Waals surface area contributed by atoms with E-state index in [9.17, 15) is 4.79 Å². The molecular formula is C10H18N2O2. The van der Waals surface area contributed by atoms with E-state index in [4.69, 9.17) is 10.00 Å². The van der Waals surface area contributed by atoms with Gasteiger partial charge in [0.05, 0.1) is 18.6 Å². The SMILES string of the molecule is COC(C)CCC(=O)N(C)CCC#N. The van der Waals surface area contributed by atoms with Gasteiger partial charge >= 0.3 is 0 Å². The van der Waals surface area contributed by atoms with Crippen LogP contribution in [0.5, 0.6) is 0 Å². The van der Waals surface area contributed by atoms with Crippen LogP contribution in [-0.4, -0.2) is 37.6 Å². The normalized spacial score (nSPS) is 11.9. The van der Waals surface area contributed by atoms with Crippen LogP contribution < -0.4 is 0 Å². The van der Waals surface area contributed by atoms with Gasteiger partial charge in [-0.1, -0.05) is 0 Å². The van der Waals surface area contributed by atoms with Gasteiger partial charge in [-0.25, -0.2) is 0 Å². The first-order valence-corrected chi connectivity index (χ1v) is 4.75. The van der Waals surface area contributed by atoms with E-state index in [-0.39, 0.29) is 12.0 Å². The van der Waals surface area contributed by atoms with E-state index < -0.39 is 0 Å². The van der Waals surface area contributed by atoms with Gasteiger partial charge in [-0.2, -0.15) is 5.26 Å². The first kappa shape index (κ1) is 12.9. The molecule has 0 bridgehead atoms. The summed E-state index contributed by atoms with van der Waals surface area (Å²) in [5, 5.41) is 8.35. The molecule has 0 aromatic carbocycles.